The number of benzene rings is 1. The molecule has 1 aromatic carbocycles. The van der Waals surface area contributed by atoms with Crippen molar-refractivity contribution in [1.82, 2.24) is 24.6 Å². The molecular weight excluding hydrogens is 376 g/mol. The Morgan fingerprint density at radius 2 is 1.93 bits per heavy atom. The van der Waals surface area contributed by atoms with Crippen molar-refractivity contribution in [3.05, 3.63) is 42.2 Å². The Kier molecular flexibility index (Phi) is 6.23. The summed E-state index contributed by atoms with van der Waals surface area (Å²) in [5.74, 6) is -1.71. The zero-order valence-corrected chi connectivity index (χ0v) is 16.6. The standard InChI is InChI=1S/C19H24N6O4/c1-13-9-24(10-15(29-13)14-7-5-4-6-8-14)18(28)17(27)21-19-20-12-25(22-19)11-16(26)23(2)3/h4-8,12-13,15H,9-11H2,1-3H3,(H,21,22,27). The number of carbonyl (C=O) groups is 3. The monoisotopic (exact) mass is 400 g/mol. The molecule has 154 valence electrons. The van der Waals surface area contributed by atoms with E-state index in [1.54, 1.807) is 14.1 Å². The van der Waals surface area contributed by atoms with E-state index in [0.29, 0.717) is 6.54 Å². The third-order valence-electron chi connectivity index (χ3n) is 4.47. The van der Waals surface area contributed by atoms with E-state index in [1.165, 1.54) is 20.8 Å². The van der Waals surface area contributed by atoms with E-state index in [9.17, 15) is 14.4 Å². The van der Waals surface area contributed by atoms with E-state index in [-0.39, 0.29) is 37.2 Å². The molecule has 0 bridgehead atoms. The normalized spacial score (nSPS) is 18.9. The van der Waals surface area contributed by atoms with Gasteiger partial charge in [0.05, 0.1) is 12.6 Å². The zero-order valence-electron chi connectivity index (χ0n) is 16.6. The predicted molar refractivity (Wildman–Crippen MR) is 104 cm³/mol. The van der Waals surface area contributed by atoms with E-state index in [4.69, 9.17) is 4.74 Å². The number of hydrogen-bond acceptors (Lipinski definition) is 6. The Hall–Kier alpha value is -3.27. The number of hydrogen-bond donors (Lipinski definition) is 1. The van der Waals surface area contributed by atoms with Crippen LogP contribution in [0.2, 0.25) is 0 Å². The summed E-state index contributed by atoms with van der Waals surface area (Å²) in [7, 11) is 3.26. The van der Waals surface area contributed by atoms with Crippen molar-refractivity contribution >= 4 is 23.7 Å². The number of ether oxygens (including phenoxy) is 1. The largest absolute Gasteiger partial charge is 0.367 e. The lowest BCUT2D eigenvalue weighted by atomic mass is 10.1. The summed E-state index contributed by atoms with van der Waals surface area (Å²) in [4.78, 5) is 43.6. The van der Waals surface area contributed by atoms with E-state index >= 15 is 0 Å². The van der Waals surface area contributed by atoms with Gasteiger partial charge in [0.15, 0.2) is 0 Å². The van der Waals surface area contributed by atoms with Crippen molar-refractivity contribution in [2.24, 2.45) is 0 Å². The first kappa shape index (κ1) is 20.5. The second kappa shape index (κ2) is 8.82. The number of morpholine rings is 1. The summed E-state index contributed by atoms with van der Waals surface area (Å²) in [6, 6.07) is 9.57. The van der Waals surface area contributed by atoms with Crippen LogP contribution in [0.15, 0.2) is 36.7 Å². The molecule has 2 aromatic rings. The van der Waals surface area contributed by atoms with Gasteiger partial charge >= 0.3 is 11.8 Å². The molecule has 10 heteroatoms. The third kappa shape index (κ3) is 5.17. The highest BCUT2D eigenvalue weighted by Gasteiger charge is 2.32. The van der Waals surface area contributed by atoms with Gasteiger partial charge in [0, 0.05) is 20.6 Å². The van der Waals surface area contributed by atoms with Gasteiger partial charge in [-0.3, -0.25) is 19.7 Å². The fourth-order valence-corrected chi connectivity index (χ4v) is 2.98. The molecule has 2 atom stereocenters. The van der Waals surface area contributed by atoms with E-state index < -0.39 is 11.8 Å². The van der Waals surface area contributed by atoms with E-state index in [1.807, 2.05) is 37.3 Å². The lowest BCUT2D eigenvalue weighted by Gasteiger charge is -2.36. The maximum absolute atomic E-state index is 12.6. The van der Waals surface area contributed by atoms with Crippen LogP contribution in [0.25, 0.3) is 0 Å². The Balaban J connectivity index is 1.61. The summed E-state index contributed by atoms with van der Waals surface area (Å²) in [5.41, 5.74) is 0.947. The number of nitrogens with one attached hydrogen (secondary N) is 1. The molecule has 3 amide bonds. The molecule has 0 aliphatic carbocycles. The van der Waals surface area contributed by atoms with Crippen LogP contribution in [0.4, 0.5) is 5.95 Å². The molecule has 1 aliphatic heterocycles. The summed E-state index contributed by atoms with van der Waals surface area (Å²) < 4.78 is 7.22. The quantitative estimate of drug-likeness (QED) is 0.739. The van der Waals surface area contributed by atoms with Gasteiger partial charge in [-0.2, -0.15) is 0 Å². The average molecular weight is 400 g/mol. The fourth-order valence-electron chi connectivity index (χ4n) is 2.98. The molecule has 0 spiro atoms. The van der Waals surface area contributed by atoms with E-state index in [2.05, 4.69) is 15.4 Å². The SMILES string of the molecule is CC1CN(C(=O)C(=O)Nc2ncn(CC(=O)N(C)C)n2)CC(c2ccccc2)O1. The van der Waals surface area contributed by atoms with Crippen LogP contribution in [0.1, 0.15) is 18.6 Å². The highest BCUT2D eigenvalue weighted by molar-refractivity contribution is 6.39. The van der Waals surface area contributed by atoms with Crippen LogP contribution in [0.3, 0.4) is 0 Å². The Labute approximate surface area is 168 Å². The third-order valence-corrected chi connectivity index (χ3v) is 4.47. The molecule has 29 heavy (non-hydrogen) atoms. The first-order valence-electron chi connectivity index (χ1n) is 9.23. The molecule has 10 nitrogen and oxygen atoms in total. The van der Waals surface area contributed by atoms with Gasteiger partial charge in [0.25, 0.3) is 0 Å². The molecule has 0 saturated carbocycles. The lowest BCUT2D eigenvalue weighted by molar-refractivity contribution is -0.152. The predicted octanol–water partition coefficient (Wildman–Crippen LogP) is 0.293. The number of rotatable bonds is 4. The number of nitrogens with zero attached hydrogens (tertiary/aromatic N) is 5. The number of likely N-dealkylation sites (N-methyl/N-ethyl adjacent to an activating group) is 1. The highest BCUT2D eigenvalue weighted by Crippen LogP contribution is 2.25. The molecule has 1 aliphatic rings. The van der Waals surface area contributed by atoms with Crippen LogP contribution in [-0.2, 0) is 25.7 Å². The van der Waals surface area contributed by atoms with Crippen LogP contribution in [0, 0.1) is 0 Å². The molecule has 2 unspecified atom stereocenters. The maximum atomic E-state index is 12.6. The lowest BCUT2D eigenvalue weighted by Crippen LogP contribution is -2.49. The van der Waals surface area contributed by atoms with Gasteiger partial charge in [-0.15, -0.1) is 5.10 Å². The Bertz CT molecular complexity index is 882. The Morgan fingerprint density at radius 3 is 2.62 bits per heavy atom. The molecule has 0 radical (unpaired) electrons. The molecule has 2 heterocycles. The van der Waals surface area contributed by atoms with Gasteiger partial charge in [-0.1, -0.05) is 30.3 Å². The van der Waals surface area contributed by atoms with Gasteiger partial charge in [0.1, 0.15) is 19.0 Å². The summed E-state index contributed by atoms with van der Waals surface area (Å²) >= 11 is 0. The van der Waals surface area contributed by atoms with Crippen molar-refractivity contribution in [3.63, 3.8) is 0 Å². The zero-order chi connectivity index (χ0) is 21.0. The maximum Gasteiger partial charge on any atom is 0.316 e. The Morgan fingerprint density at radius 1 is 1.21 bits per heavy atom. The number of amides is 3. The van der Waals surface area contributed by atoms with Crippen LogP contribution >= 0.6 is 0 Å². The van der Waals surface area contributed by atoms with Crippen molar-refractivity contribution in [1.29, 1.82) is 0 Å². The molecule has 1 saturated heterocycles. The molecule has 1 aromatic heterocycles. The van der Waals surface area contributed by atoms with Crippen molar-refractivity contribution in [2.45, 2.75) is 25.7 Å². The molecule has 3 rings (SSSR count). The summed E-state index contributed by atoms with van der Waals surface area (Å²) in [6.45, 7) is 2.44. The molecular formula is C19H24N6O4. The van der Waals surface area contributed by atoms with Gasteiger partial charge in [0.2, 0.25) is 11.9 Å². The molecule has 1 N–H and O–H groups in total. The van der Waals surface area contributed by atoms with Gasteiger partial charge in [-0.05, 0) is 12.5 Å². The average Bonchev–Trinajstić information content (AvgIpc) is 3.14. The summed E-state index contributed by atoms with van der Waals surface area (Å²) in [6.07, 6.45) is 0.815. The summed E-state index contributed by atoms with van der Waals surface area (Å²) in [5, 5.41) is 6.40. The van der Waals surface area contributed by atoms with Crippen LogP contribution in [0.5, 0.6) is 0 Å². The number of carbonyl (C=O) groups excluding carboxylic acids is 3. The second-order valence-corrected chi connectivity index (χ2v) is 7.06. The van der Waals surface area contributed by atoms with Crippen molar-refractivity contribution in [3.8, 4) is 0 Å². The number of anilines is 1. The number of aromatic nitrogens is 3. The van der Waals surface area contributed by atoms with E-state index in [0.717, 1.165) is 5.56 Å². The van der Waals surface area contributed by atoms with Crippen LogP contribution in [-0.4, -0.2) is 75.6 Å². The minimum Gasteiger partial charge on any atom is -0.367 e. The topological polar surface area (TPSA) is 110 Å². The van der Waals surface area contributed by atoms with Crippen molar-refractivity contribution < 1.29 is 19.1 Å². The fraction of sp³-hybridized carbons (Fsp3) is 0.421. The van der Waals surface area contributed by atoms with Crippen LogP contribution < -0.4 is 5.32 Å². The highest BCUT2D eigenvalue weighted by atomic mass is 16.5. The minimum atomic E-state index is -0.831. The molecule has 1 fully saturated rings. The van der Waals surface area contributed by atoms with Crippen molar-refractivity contribution in [2.75, 3.05) is 32.5 Å². The van der Waals surface area contributed by atoms with Gasteiger partial charge in [-0.25, -0.2) is 9.67 Å². The van der Waals surface area contributed by atoms with Gasteiger partial charge < -0.3 is 14.5 Å². The first-order valence-corrected chi connectivity index (χ1v) is 9.23. The second-order valence-electron chi connectivity index (χ2n) is 7.06. The first-order chi connectivity index (χ1) is 13.8. The minimum absolute atomic E-state index is 0.0104. The smallest absolute Gasteiger partial charge is 0.316 e.